The van der Waals surface area contributed by atoms with Crippen LogP contribution in [0.3, 0.4) is 0 Å². The zero-order chi connectivity index (χ0) is 15.5. The molecule has 2 atom stereocenters. The predicted molar refractivity (Wildman–Crippen MR) is 82.4 cm³/mol. The van der Waals surface area contributed by atoms with Crippen LogP contribution in [0.5, 0.6) is 0 Å². The molecule has 1 aliphatic carbocycles. The van der Waals surface area contributed by atoms with E-state index in [1.54, 1.807) is 17.8 Å². The number of nitrogens with one attached hydrogen (secondary N) is 1. The van der Waals surface area contributed by atoms with E-state index in [0.717, 1.165) is 18.6 Å². The number of nitriles is 1. The second-order valence-electron chi connectivity index (χ2n) is 5.04. The lowest BCUT2D eigenvalue weighted by Gasteiger charge is -2.45. The van der Waals surface area contributed by atoms with Crippen LogP contribution < -0.4 is 5.32 Å². The first kappa shape index (κ1) is 15.6. The van der Waals surface area contributed by atoms with Crippen LogP contribution in [0.15, 0.2) is 18.2 Å². The van der Waals surface area contributed by atoms with Crippen molar-refractivity contribution in [2.45, 2.75) is 30.6 Å². The van der Waals surface area contributed by atoms with Crippen LogP contribution in [0.25, 0.3) is 0 Å². The monoisotopic (exact) mass is 307 g/mol. The topological polar surface area (TPSA) is 99.2 Å². The molecular weight excluding hydrogens is 290 g/mol. The fourth-order valence-electron chi connectivity index (χ4n) is 2.39. The van der Waals surface area contributed by atoms with Gasteiger partial charge in [0.05, 0.1) is 10.5 Å². The molecule has 1 fully saturated rings. The number of nitro benzene ring substituents is 1. The summed E-state index contributed by atoms with van der Waals surface area (Å²) in [4.78, 5) is 10.2. The summed E-state index contributed by atoms with van der Waals surface area (Å²) >= 11 is 1.74. The molecular formula is C14H17N3O3S. The van der Waals surface area contributed by atoms with Gasteiger partial charge in [0.1, 0.15) is 11.6 Å². The smallest absolute Gasteiger partial charge is 0.287 e. The standard InChI is InChI=1S/C14H17N3O3S/c1-2-21-13-5-6-14(13,18)9-16-11-3-4-12(17(19)20)10(7-11)8-15/h3-4,7,13,16,18H,2,5-6,9H2,1H3. The third-order valence-corrected chi connectivity index (χ3v) is 5.13. The van der Waals surface area contributed by atoms with Gasteiger partial charge in [-0.2, -0.15) is 17.0 Å². The molecule has 0 bridgehead atoms. The first-order chi connectivity index (χ1) is 10.00. The SMILES string of the molecule is CCSC1CCC1(O)CNc1ccc([N+](=O)[O-])c(C#N)c1. The molecule has 112 valence electrons. The quantitative estimate of drug-likeness (QED) is 0.619. The van der Waals surface area contributed by atoms with Gasteiger partial charge in [-0.3, -0.25) is 10.1 Å². The lowest BCUT2D eigenvalue weighted by atomic mass is 9.79. The average molecular weight is 307 g/mol. The first-order valence-electron chi connectivity index (χ1n) is 6.76. The lowest BCUT2D eigenvalue weighted by molar-refractivity contribution is -0.385. The second-order valence-corrected chi connectivity index (χ2v) is 6.52. The van der Waals surface area contributed by atoms with Gasteiger partial charge < -0.3 is 10.4 Å². The summed E-state index contributed by atoms with van der Waals surface area (Å²) in [5.41, 5.74) is -0.317. The van der Waals surface area contributed by atoms with Gasteiger partial charge in [0, 0.05) is 23.5 Å². The van der Waals surface area contributed by atoms with Crippen LogP contribution in [0.2, 0.25) is 0 Å². The van der Waals surface area contributed by atoms with Crippen molar-refractivity contribution >= 4 is 23.1 Å². The van der Waals surface area contributed by atoms with Gasteiger partial charge in [-0.25, -0.2) is 0 Å². The maximum absolute atomic E-state index is 10.8. The maximum Gasteiger partial charge on any atom is 0.287 e. The number of anilines is 1. The largest absolute Gasteiger partial charge is 0.387 e. The summed E-state index contributed by atoms with van der Waals surface area (Å²) in [5.74, 6) is 0.961. The Kier molecular flexibility index (Phi) is 4.70. The predicted octanol–water partition coefficient (Wildman–Crippen LogP) is 2.52. The fourth-order valence-corrected chi connectivity index (χ4v) is 3.59. The van der Waals surface area contributed by atoms with Crippen LogP contribution >= 0.6 is 11.8 Å². The average Bonchev–Trinajstić information content (AvgIpc) is 2.48. The van der Waals surface area contributed by atoms with Gasteiger partial charge in [0.15, 0.2) is 0 Å². The van der Waals surface area contributed by atoms with E-state index in [4.69, 9.17) is 5.26 Å². The van der Waals surface area contributed by atoms with Crippen LogP contribution in [0, 0.1) is 21.4 Å². The number of benzene rings is 1. The van der Waals surface area contributed by atoms with Crippen LogP contribution in [-0.2, 0) is 0 Å². The Morgan fingerprint density at radius 1 is 1.67 bits per heavy atom. The lowest BCUT2D eigenvalue weighted by Crippen LogP contribution is -2.54. The molecule has 0 aliphatic heterocycles. The number of aliphatic hydroxyl groups is 1. The zero-order valence-electron chi connectivity index (χ0n) is 11.7. The molecule has 0 spiro atoms. The molecule has 2 N–H and O–H groups in total. The Balaban J connectivity index is 2.04. The van der Waals surface area contributed by atoms with Crippen LogP contribution in [0.4, 0.5) is 11.4 Å². The van der Waals surface area contributed by atoms with Crippen molar-refractivity contribution in [3.05, 3.63) is 33.9 Å². The Bertz CT molecular complexity index is 587. The number of rotatable bonds is 6. The molecule has 0 aromatic heterocycles. The Labute approximate surface area is 127 Å². The normalized spacial score (nSPS) is 24.0. The molecule has 1 aromatic rings. The van der Waals surface area contributed by atoms with Gasteiger partial charge in [0.25, 0.3) is 5.69 Å². The molecule has 0 heterocycles. The summed E-state index contributed by atoms with van der Waals surface area (Å²) in [6, 6.07) is 6.14. The molecule has 1 saturated carbocycles. The van der Waals surface area contributed by atoms with E-state index in [1.165, 1.54) is 12.1 Å². The van der Waals surface area contributed by atoms with Crippen molar-refractivity contribution in [1.82, 2.24) is 0 Å². The Morgan fingerprint density at radius 3 is 2.95 bits per heavy atom. The molecule has 0 saturated heterocycles. The van der Waals surface area contributed by atoms with Gasteiger partial charge in [0.2, 0.25) is 0 Å². The number of hydrogen-bond acceptors (Lipinski definition) is 6. The molecule has 1 aromatic carbocycles. The summed E-state index contributed by atoms with van der Waals surface area (Å²) in [5, 5.41) is 33.5. The Morgan fingerprint density at radius 2 is 2.43 bits per heavy atom. The summed E-state index contributed by atoms with van der Waals surface area (Å²) < 4.78 is 0. The van der Waals surface area contributed by atoms with Crippen molar-refractivity contribution in [1.29, 1.82) is 5.26 Å². The minimum absolute atomic E-state index is 0.0186. The number of nitrogens with zero attached hydrogens (tertiary/aromatic N) is 2. The molecule has 1 aliphatic rings. The van der Waals surface area contributed by atoms with Gasteiger partial charge in [-0.05, 0) is 30.7 Å². The van der Waals surface area contributed by atoms with Crippen molar-refractivity contribution in [2.75, 3.05) is 17.6 Å². The molecule has 0 amide bonds. The number of hydrogen-bond donors (Lipinski definition) is 2. The molecule has 0 radical (unpaired) electrons. The number of nitro groups is 1. The molecule has 2 unspecified atom stereocenters. The van der Waals surface area contributed by atoms with Crippen LogP contribution in [-0.4, -0.2) is 33.2 Å². The van der Waals surface area contributed by atoms with Gasteiger partial charge >= 0.3 is 0 Å². The maximum atomic E-state index is 10.8. The molecule has 6 nitrogen and oxygen atoms in total. The summed E-state index contributed by atoms with van der Waals surface area (Å²) in [7, 11) is 0. The third kappa shape index (κ3) is 3.28. The highest BCUT2D eigenvalue weighted by Gasteiger charge is 2.44. The van der Waals surface area contributed by atoms with Crippen molar-refractivity contribution in [3.63, 3.8) is 0 Å². The van der Waals surface area contributed by atoms with Crippen molar-refractivity contribution in [3.8, 4) is 6.07 Å². The Hall–Kier alpha value is -1.78. The van der Waals surface area contributed by atoms with E-state index in [2.05, 4.69) is 12.2 Å². The van der Waals surface area contributed by atoms with E-state index in [-0.39, 0.29) is 16.5 Å². The first-order valence-corrected chi connectivity index (χ1v) is 7.81. The van der Waals surface area contributed by atoms with Crippen molar-refractivity contribution < 1.29 is 10.0 Å². The third-order valence-electron chi connectivity index (χ3n) is 3.72. The van der Waals surface area contributed by atoms with E-state index >= 15 is 0 Å². The fraction of sp³-hybridized carbons (Fsp3) is 0.500. The van der Waals surface area contributed by atoms with Crippen molar-refractivity contribution in [2.24, 2.45) is 0 Å². The highest BCUT2D eigenvalue weighted by atomic mass is 32.2. The van der Waals surface area contributed by atoms with E-state index in [1.807, 2.05) is 6.07 Å². The van der Waals surface area contributed by atoms with Gasteiger partial charge in [-0.1, -0.05) is 6.92 Å². The molecule has 21 heavy (non-hydrogen) atoms. The summed E-state index contributed by atoms with van der Waals surface area (Å²) in [6.45, 7) is 2.44. The van der Waals surface area contributed by atoms with Gasteiger partial charge in [-0.15, -0.1) is 0 Å². The van der Waals surface area contributed by atoms with E-state index in [9.17, 15) is 15.2 Å². The van der Waals surface area contributed by atoms with Crippen LogP contribution in [0.1, 0.15) is 25.3 Å². The minimum Gasteiger partial charge on any atom is -0.387 e. The van der Waals surface area contributed by atoms with E-state index in [0.29, 0.717) is 12.2 Å². The summed E-state index contributed by atoms with van der Waals surface area (Å²) in [6.07, 6.45) is 1.75. The highest BCUT2D eigenvalue weighted by molar-refractivity contribution is 8.00. The minimum atomic E-state index is -0.741. The molecule has 7 heteroatoms. The zero-order valence-corrected chi connectivity index (χ0v) is 12.5. The highest BCUT2D eigenvalue weighted by Crippen LogP contribution is 2.41. The molecule has 2 rings (SSSR count). The van der Waals surface area contributed by atoms with E-state index < -0.39 is 10.5 Å². The second kappa shape index (κ2) is 6.33. The number of thioether (sulfide) groups is 1.